The molecule has 1 saturated heterocycles. The van der Waals surface area contributed by atoms with Crippen molar-refractivity contribution in [1.82, 2.24) is 10.3 Å². The van der Waals surface area contributed by atoms with Gasteiger partial charge >= 0.3 is 0 Å². The van der Waals surface area contributed by atoms with Crippen molar-refractivity contribution < 1.29 is 19.0 Å². The number of allylic oxidation sites excluding steroid dienone is 2. The molecule has 0 atom stereocenters. The van der Waals surface area contributed by atoms with E-state index in [1.165, 1.54) is 37.1 Å². The molecule has 44 heavy (non-hydrogen) atoms. The fourth-order valence-corrected chi connectivity index (χ4v) is 4.50. The zero-order valence-electron chi connectivity index (χ0n) is 25.5. The van der Waals surface area contributed by atoms with Gasteiger partial charge in [-0.2, -0.15) is 0 Å². The van der Waals surface area contributed by atoms with E-state index >= 15 is 0 Å². The van der Waals surface area contributed by atoms with Crippen LogP contribution in [0.2, 0.25) is 5.02 Å². The Morgan fingerprint density at radius 2 is 1.86 bits per heavy atom. The molecule has 2 aromatic rings. The van der Waals surface area contributed by atoms with Crippen molar-refractivity contribution in [2.24, 2.45) is 23.3 Å². The Morgan fingerprint density at radius 1 is 1.18 bits per heavy atom. The van der Waals surface area contributed by atoms with Crippen LogP contribution in [0.15, 0.2) is 65.7 Å². The first-order valence-corrected chi connectivity index (χ1v) is 15.7. The second kappa shape index (κ2) is 19.9. The number of anilines is 2. The first kappa shape index (κ1) is 36.9. The summed E-state index contributed by atoms with van der Waals surface area (Å²) in [5.74, 6) is 1.50. The summed E-state index contributed by atoms with van der Waals surface area (Å²) >= 11 is 10.1. The second-order valence-electron chi connectivity index (χ2n) is 10.3. The predicted molar refractivity (Wildman–Crippen MR) is 181 cm³/mol. The highest BCUT2D eigenvalue weighted by molar-refractivity contribution is 7.84. The molecule has 1 saturated carbocycles. The first-order chi connectivity index (χ1) is 21.1. The third-order valence-electron chi connectivity index (χ3n) is 6.93. The van der Waals surface area contributed by atoms with Crippen LogP contribution in [0, 0.1) is 17.7 Å². The predicted octanol–water partition coefficient (Wildman–Crippen LogP) is 6.01. The number of thiol groups is 1. The molecule has 4 rings (SSSR count). The Kier molecular flexibility index (Phi) is 16.7. The number of pyridine rings is 1. The van der Waals surface area contributed by atoms with Gasteiger partial charge in [-0.05, 0) is 82.5 Å². The molecular weight excluding hydrogens is 603 g/mol. The summed E-state index contributed by atoms with van der Waals surface area (Å²) in [7, 11) is 0. The van der Waals surface area contributed by atoms with Crippen molar-refractivity contribution in [3.63, 3.8) is 0 Å². The van der Waals surface area contributed by atoms with E-state index in [4.69, 9.17) is 32.9 Å². The van der Waals surface area contributed by atoms with Crippen molar-refractivity contribution in [3.05, 3.63) is 82.1 Å². The summed E-state index contributed by atoms with van der Waals surface area (Å²) in [5.41, 5.74) is 13.1. The van der Waals surface area contributed by atoms with E-state index in [0.29, 0.717) is 34.7 Å². The van der Waals surface area contributed by atoms with Crippen LogP contribution in [0.3, 0.4) is 0 Å². The molecule has 0 spiro atoms. The molecule has 1 aromatic heterocycles. The van der Waals surface area contributed by atoms with Crippen LogP contribution in [0.1, 0.15) is 57.9 Å². The highest BCUT2D eigenvalue weighted by Crippen LogP contribution is 2.28. The van der Waals surface area contributed by atoms with Gasteiger partial charge in [-0.15, -0.1) is 12.6 Å². The van der Waals surface area contributed by atoms with Gasteiger partial charge in [0.15, 0.2) is 0 Å². The van der Waals surface area contributed by atoms with E-state index < -0.39 is 5.82 Å². The van der Waals surface area contributed by atoms with Gasteiger partial charge in [0.25, 0.3) is 0 Å². The second-order valence-corrected chi connectivity index (χ2v) is 11.3. The van der Waals surface area contributed by atoms with E-state index in [-0.39, 0.29) is 28.1 Å². The number of hydrogen-bond acceptors (Lipinski definition) is 9. The third-order valence-corrected chi connectivity index (χ3v) is 7.41. The van der Waals surface area contributed by atoms with Gasteiger partial charge in [-0.3, -0.25) is 4.79 Å². The zero-order chi connectivity index (χ0) is 32.5. The number of aliphatic hydroxyl groups is 1. The molecule has 12 heteroatoms. The molecule has 242 valence electrons. The zero-order valence-corrected chi connectivity index (χ0v) is 27.2. The highest BCUT2D eigenvalue weighted by Gasteiger charge is 2.25. The maximum absolute atomic E-state index is 14.1. The topological polar surface area (TPSA) is 148 Å². The quantitative estimate of drug-likeness (QED) is 0.0942. The Bertz CT molecular complexity index is 1280. The smallest absolute Gasteiger partial charge is 0.228 e. The fourth-order valence-electron chi connectivity index (χ4n) is 4.20. The maximum Gasteiger partial charge on any atom is 0.228 e. The first-order valence-electron chi connectivity index (χ1n) is 14.9. The Labute approximate surface area is 270 Å². The van der Waals surface area contributed by atoms with E-state index in [1.54, 1.807) is 18.3 Å². The maximum atomic E-state index is 14.1. The van der Waals surface area contributed by atoms with Crippen LogP contribution in [0.25, 0.3) is 5.70 Å². The molecule has 1 aromatic carbocycles. The van der Waals surface area contributed by atoms with Gasteiger partial charge < -0.3 is 37.3 Å². The summed E-state index contributed by atoms with van der Waals surface area (Å²) in [6.45, 7) is 11.1. The van der Waals surface area contributed by atoms with Crippen LogP contribution in [0.5, 0.6) is 0 Å². The Balaban J connectivity index is 0.000000371. The van der Waals surface area contributed by atoms with Gasteiger partial charge in [0.05, 0.1) is 23.1 Å². The number of aromatic nitrogens is 1. The van der Waals surface area contributed by atoms with E-state index in [2.05, 4.69) is 40.1 Å². The highest BCUT2D eigenvalue weighted by atomic mass is 35.5. The lowest BCUT2D eigenvalue weighted by Gasteiger charge is -2.24. The van der Waals surface area contributed by atoms with E-state index in [1.807, 2.05) is 13.8 Å². The standard InChI is InChI=1S/C20H21ClFN5OS.C9H17NO.C3H8O/c21-12-4-5-15(22)14(8-12)16(23)10-17(19(24)29)26-13-6-7-25-18(9-13)27-20(28)11-2-1-3-11;1-3-11-8(2)9-4-6-10-7-5-9;1-2-3-4/h4-11,29H,1-3,23-24H2,(H2,25,26,27,28);9-10H,2-7H2,1H3;4H,2-3H2,1H3/b16-10-,19-17-;;. The minimum absolute atomic E-state index is 0.0362. The molecule has 0 unspecified atom stereocenters. The molecule has 8 N–H and O–H groups in total. The number of nitrogens with zero attached hydrogens (tertiary/aromatic N) is 1. The van der Waals surface area contributed by atoms with E-state index in [9.17, 15) is 9.18 Å². The lowest BCUT2D eigenvalue weighted by atomic mass is 9.85. The van der Waals surface area contributed by atoms with Crippen molar-refractivity contribution in [3.8, 4) is 0 Å². The summed E-state index contributed by atoms with van der Waals surface area (Å²) in [4.78, 5) is 16.3. The van der Waals surface area contributed by atoms with E-state index in [0.717, 1.165) is 51.1 Å². The third kappa shape index (κ3) is 12.8. The van der Waals surface area contributed by atoms with Gasteiger partial charge in [0.1, 0.15) is 11.6 Å². The number of amides is 1. The van der Waals surface area contributed by atoms with Gasteiger partial charge in [-0.25, -0.2) is 9.37 Å². The molecule has 2 aliphatic rings. The Hall–Kier alpha value is -3.25. The molecule has 0 radical (unpaired) electrons. The number of carbonyl (C=O) groups excluding carboxylic acids is 1. The van der Waals surface area contributed by atoms with Crippen LogP contribution < -0.4 is 27.4 Å². The number of rotatable bonds is 10. The minimum Gasteiger partial charge on any atom is -0.499 e. The SMILES string of the molecule is C=C(OCC)C1CCNCC1.CCCO.N/C(=C\C(Nc1ccnc(NC(=O)C2CCC2)c1)=C(/N)S)c1cc(Cl)ccc1F. The normalized spacial score (nSPS) is 15.7. The molecule has 2 heterocycles. The number of carbonyl (C=O) groups is 1. The summed E-state index contributed by atoms with van der Waals surface area (Å²) in [6, 6.07) is 7.46. The molecule has 9 nitrogen and oxygen atoms in total. The molecule has 1 aliphatic carbocycles. The largest absolute Gasteiger partial charge is 0.499 e. The number of nitrogens with two attached hydrogens (primary N) is 2. The van der Waals surface area contributed by atoms with Crippen LogP contribution in [-0.2, 0) is 9.53 Å². The number of hydrogen-bond donors (Lipinski definition) is 7. The molecule has 1 amide bonds. The van der Waals surface area contributed by atoms with Crippen molar-refractivity contribution in [2.75, 3.05) is 36.9 Å². The number of benzene rings is 1. The molecule has 1 aliphatic heterocycles. The van der Waals surface area contributed by atoms with Crippen LogP contribution in [0.4, 0.5) is 15.9 Å². The number of piperidine rings is 1. The summed E-state index contributed by atoms with van der Waals surface area (Å²) < 4.78 is 19.4. The summed E-state index contributed by atoms with van der Waals surface area (Å²) in [6.07, 6.45) is 9.12. The van der Waals surface area contributed by atoms with Gasteiger partial charge in [0, 0.05) is 52.7 Å². The Morgan fingerprint density at radius 3 is 2.43 bits per heavy atom. The lowest BCUT2D eigenvalue weighted by molar-refractivity contribution is -0.122. The minimum atomic E-state index is -0.509. The van der Waals surface area contributed by atoms with Crippen LogP contribution in [-0.4, -0.2) is 42.3 Å². The van der Waals surface area contributed by atoms with Crippen molar-refractivity contribution in [2.45, 2.75) is 52.4 Å². The molecular formula is C32H46ClFN6O3S. The van der Waals surface area contributed by atoms with Gasteiger partial charge in [-0.1, -0.05) is 31.5 Å². The number of aliphatic hydroxyl groups excluding tert-OH is 1. The number of nitrogens with one attached hydrogen (secondary N) is 3. The average Bonchev–Trinajstić information content (AvgIpc) is 2.98. The van der Waals surface area contributed by atoms with Crippen LogP contribution >= 0.6 is 24.2 Å². The molecule has 0 bridgehead atoms. The number of halogens is 2. The lowest BCUT2D eigenvalue weighted by Crippen LogP contribution is -2.28. The van der Waals surface area contributed by atoms with Gasteiger partial charge in [0.2, 0.25) is 5.91 Å². The summed E-state index contributed by atoms with van der Waals surface area (Å²) in [5, 5.41) is 17.6. The monoisotopic (exact) mass is 648 g/mol. The average molecular weight is 649 g/mol. The molecule has 2 fully saturated rings. The van der Waals surface area contributed by atoms with Crippen molar-refractivity contribution in [1.29, 1.82) is 0 Å². The number of ether oxygens (including phenoxy) is 1. The fraction of sp³-hybridized carbons (Fsp3) is 0.438. The van der Waals surface area contributed by atoms with Crippen molar-refractivity contribution >= 4 is 47.3 Å².